The van der Waals surface area contributed by atoms with Crippen LogP contribution < -0.4 is 0 Å². The molecule has 2 aliphatic heterocycles. The molecule has 2 fully saturated rings. The van der Waals surface area contributed by atoms with Crippen LogP contribution in [-0.2, 0) is 9.53 Å². The van der Waals surface area contributed by atoms with Crippen molar-refractivity contribution in [2.45, 2.75) is 45.0 Å². The van der Waals surface area contributed by atoms with Gasteiger partial charge in [0.15, 0.2) is 0 Å². The molecule has 3 rings (SSSR count). The van der Waals surface area contributed by atoms with Gasteiger partial charge >= 0.3 is 5.97 Å². The van der Waals surface area contributed by atoms with Gasteiger partial charge in [0.1, 0.15) is 6.10 Å². The summed E-state index contributed by atoms with van der Waals surface area (Å²) >= 11 is 0. The topological polar surface area (TPSA) is 33.9 Å². The maximum absolute atomic E-state index is 12.5. The molecule has 0 aliphatic carbocycles. The molecule has 21 heavy (non-hydrogen) atoms. The lowest BCUT2D eigenvalue weighted by atomic mass is 9.82. The second-order valence-electron chi connectivity index (χ2n) is 6.37. The molecule has 0 aromatic heterocycles. The van der Waals surface area contributed by atoms with Crippen molar-refractivity contribution < 1.29 is 9.53 Å². The van der Waals surface area contributed by atoms with Gasteiger partial charge in [-0.1, -0.05) is 30.3 Å². The Morgan fingerprint density at radius 2 is 2.05 bits per heavy atom. The van der Waals surface area contributed by atoms with Gasteiger partial charge in [0, 0.05) is 19.0 Å². The molecule has 3 atom stereocenters. The molecule has 110 valence electrons. The van der Waals surface area contributed by atoms with Gasteiger partial charge < -0.3 is 4.74 Å². The van der Waals surface area contributed by atoms with Crippen molar-refractivity contribution >= 4 is 5.97 Å². The predicted octanol–water partition coefficient (Wildman–Crippen LogP) is 3.02. The number of ether oxygens (including phenoxy) is 1. The standard InChI is InChI=1S/C17H20N2O2/c1-12(2)19-11-17(10-15(19)18-3)9-14(21-16(17)20)13-7-5-4-6-8-13/h4-8,12,14-15H,9-11H2,1-2H3/t14?,15-,17-/m0/s1. The third-order valence-electron chi connectivity index (χ3n) is 4.68. The number of hydrogen-bond acceptors (Lipinski definition) is 3. The Kier molecular flexibility index (Phi) is 3.46. The van der Waals surface area contributed by atoms with Crippen molar-refractivity contribution in [2.75, 3.05) is 6.54 Å². The molecule has 0 radical (unpaired) electrons. The minimum Gasteiger partial charge on any atom is -0.457 e. The Bertz CT molecular complexity index is 578. The highest BCUT2D eigenvalue weighted by Crippen LogP contribution is 2.50. The number of cyclic esters (lactones) is 1. The number of esters is 1. The van der Waals surface area contributed by atoms with Crippen molar-refractivity contribution in [2.24, 2.45) is 5.41 Å². The molecule has 0 saturated carbocycles. The molecule has 1 unspecified atom stereocenters. The van der Waals surface area contributed by atoms with Crippen molar-refractivity contribution in [3.8, 4) is 0 Å². The number of hydrogen-bond donors (Lipinski definition) is 0. The fraction of sp³-hybridized carbons (Fsp3) is 0.529. The molecule has 2 aliphatic rings. The molecule has 2 saturated heterocycles. The quantitative estimate of drug-likeness (QED) is 0.618. The van der Waals surface area contributed by atoms with Crippen molar-refractivity contribution in [1.82, 2.24) is 4.90 Å². The third-order valence-corrected chi connectivity index (χ3v) is 4.68. The number of carbonyl (C=O) groups is 1. The normalized spacial score (nSPS) is 32.6. The van der Waals surface area contributed by atoms with E-state index in [-0.39, 0.29) is 24.3 Å². The van der Waals surface area contributed by atoms with Crippen LogP contribution in [0.4, 0.5) is 0 Å². The van der Waals surface area contributed by atoms with Crippen molar-refractivity contribution in [3.63, 3.8) is 0 Å². The van der Waals surface area contributed by atoms with E-state index in [4.69, 9.17) is 11.3 Å². The Labute approximate surface area is 125 Å². The highest BCUT2D eigenvalue weighted by atomic mass is 16.6. The van der Waals surface area contributed by atoms with Crippen LogP contribution in [0.15, 0.2) is 30.3 Å². The Morgan fingerprint density at radius 3 is 2.62 bits per heavy atom. The maximum Gasteiger partial charge on any atom is 0.314 e. The lowest BCUT2D eigenvalue weighted by Crippen LogP contribution is -2.36. The van der Waals surface area contributed by atoms with Gasteiger partial charge in [-0.2, -0.15) is 0 Å². The predicted molar refractivity (Wildman–Crippen MR) is 79.2 cm³/mol. The summed E-state index contributed by atoms with van der Waals surface area (Å²) in [6, 6.07) is 10.2. The largest absolute Gasteiger partial charge is 0.457 e. The molecule has 2 heterocycles. The first kappa shape index (κ1) is 14.1. The van der Waals surface area contributed by atoms with Gasteiger partial charge in [0.25, 0.3) is 6.17 Å². The second-order valence-corrected chi connectivity index (χ2v) is 6.37. The third kappa shape index (κ3) is 2.32. The molecule has 0 bridgehead atoms. The van der Waals surface area contributed by atoms with E-state index in [1.165, 1.54) is 0 Å². The number of carbonyl (C=O) groups excluding carboxylic acids is 1. The molecular formula is C17H20N2O2. The van der Waals surface area contributed by atoms with Crippen LogP contribution in [0, 0.1) is 12.0 Å². The zero-order valence-electron chi connectivity index (χ0n) is 12.5. The Balaban J connectivity index is 1.84. The summed E-state index contributed by atoms with van der Waals surface area (Å²) in [5.74, 6) is -0.131. The summed E-state index contributed by atoms with van der Waals surface area (Å²) in [4.78, 5) is 18.3. The zero-order valence-corrected chi connectivity index (χ0v) is 12.5. The summed E-state index contributed by atoms with van der Waals surface area (Å²) in [6.45, 7) is 12.2. The number of rotatable bonds is 2. The van der Waals surface area contributed by atoms with E-state index in [0.29, 0.717) is 19.4 Å². The first-order valence-corrected chi connectivity index (χ1v) is 7.44. The van der Waals surface area contributed by atoms with Crippen LogP contribution in [0.2, 0.25) is 0 Å². The van der Waals surface area contributed by atoms with E-state index < -0.39 is 5.41 Å². The molecule has 1 aromatic carbocycles. The van der Waals surface area contributed by atoms with Crippen LogP contribution >= 0.6 is 0 Å². The number of likely N-dealkylation sites (tertiary alicyclic amines) is 1. The molecule has 4 heteroatoms. The van der Waals surface area contributed by atoms with Gasteiger partial charge in [-0.25, -0.2) is 11.5 Å². The lowest BCUT2D eigenvalue weighted by molar-refractivity contribution is -0.148. The molecular weight excluding hydrogens is 264 g/mol. The van der Waals surface area contributed by atoms with Gasteiger partial charge in [-0.05, 0) is 19.4 Å². The van der Waals surface area contributed by atoms with E-state index in [9.17, 15) is 4.79 Å². The number of benzene rings is 1. The van der Waals surface area contributed by atoms with Gasteiger partial charge in [0.2, 0.25) is 0 Å². The summed E-state index contributed by atoms with van der Waals surface area (Å²) in [5, 5.41) is 0. The van der Waals surface area contributed by atoms with Gasteiger partial charge in [-0.3, -0.25) is 9.64 Å². The van der Waals surface area contributed by atoms with Gasteiger partial charge in [0.05, 0.1) is 11.8 Å². The summed E-state index contributed by atoms with van der Waals surface area (Å²) in [7, 11) is 0. The maximum atomic E-state index is 12.5. The van der Waals surface area contributed by atoms with E-state index in [1.54, 1.807) is 0 Å². The first-order valence-electron chi connectivity index (χ1n) is 7.44. The smallest absolute Gasteiger partial charge is 0.314 e. The van der Waals surface area contributed by atoms with E-state index in [2.05, 4.69) is 23.6 Å². The lowest BCUT2D eigenvalue weighted by Gasteiger charge is -2.22. The van der Waals surface area contributed by atoms with Gasteiger partial charge in [-0.15, -0.1) is 0 Å². The van der Waals surface area contributed by atoms with Crippen LogP contribution in [-0.4, -0.2) is 29.6 Å². The van der Waals surface area contributed by atoms with E-state index >= 15 is 0 Å². The van der Waals surface area contributed by atoms with Crippen LogP contribution in [0.5, 0.6) is 0 Å². The summed E-state index contributed by atoms with van der Waals surface area (Å²) < 4.78 is 5.64. The van der Waals surface area contributed by atoms with E-state index in [0.717, 1.165) is 5.56 Å². The second kappa shape index (κ2) is 5.16. The highest BCUT2D eigenvalue weighted by molar-refractivity contribution is 5.80. The Morgan fingerprint density at radius 1 is 1.33 bits per heavy atom. The molecule has 0 N–H and O–H groups in total. The Hall–Kier alpha value is -1.86. The molecule has 1 spiro atoms. The first-order chi connectivity index (χ1) is 10.1. The molecule has 4 nitrogen and oxygen atoms in total. The summed E-state index contributed by atoms with van der Waals surface area (Å²) in [6.07, 6.45) is 0.909. The highest BCUT2D eigenvalue weighted by Gasteiger charge is 2.59. The average Bonchev–Trinajstić information content (AvgIpc) is 3.02. The zero-order chi connectivity index (χ0) is 15.0. The molecule has 0 amide bonds. The van der Waals surface area contributed by atoms with E-state index in [1.807, 2.05) is 30.3 Å². The van der Waals surface area contributed by atoms with Crippen LogP contribution in [0.3, 0.4) is 0 Å². The summed E-state index contributed by atoms with van der Waals surface area (Å²) in [5.41, 5.74) is 0.546. The van der Waals surface area contributed by atoms with Crippen molar-refractivity contribution in [3.05, 3.63) is 47.3 Å². The monoisotopic (exact) mass is 284 g/mol. The molecule has 1 aromatic rings. The van der Waals surface area contributed by atoms with Crippen LogP contribution in [0.1, 0.15) is 38.4 Å². The fourth-order valence-electron chi connectivity index (χ4n) is 3.52. The van der Waals surface area contributed by atoms with Crippen LogP contribution in [0.25, 0.3) is 4.85 Å². The average molecular weight is 284 g/mol. The van der Waals surface area contributed by atoms with Crippen molar-refractivity contribution in [1.29, 1.82) is 0 Å². The minimum atomic E-state index is -0.500. The number of nitrogens with zero attached hydrogens (tertiary/aromatic N) is 2. The minimum absolute atomic E-state index is 0.131. The SMILES string of the molecule is [C-]#[N+][C@@H]1C[C@@]2(CC(c3ccccc3)OC2=O)CN1C(C)C. The fourth-order valence-corrected chi connectivity index (χ4v) is 3.52.